The Labute approximate surface area is 141 Å². The second-order valence-corrected chi connectivity index (χ2v) is 6.67. The van der Waals surface area contributed by atoms with Gasteiger partial charge in [0.15, 0.2) is 16.0 Å². The topological polar surface area (TPSA) is 20.3 Å². The van der Waals surface area contributed by atoms with Crippen molar-refractivity contribution in [3.05, 3.63) is 70.1 Å². The molecule has 2 aromatic carbocycles. The summed E-state index contributed by atoms with van der Waals surface area (Å²) >= 11 is 6.31. The lowest BCUT2D eigenvalue weighted by Crippen LogP contribution is -2.27. The van der Waals surface area contributed by atoms with Gasteiger partial charge in [0.2, 0.25) is 0 Å². The van der Waals surface area contributed by atoms with Gasteiger partial charge in [0, 0.05) is 5.56 Å². The summed E-state index contributed by atoms with van der Waals surface area (Å²) in [6.45, 7) is 1.95. The van der Waals surface area contributed by atoms with Gasteiger partial charge in [-0.2, -0.15) is 0 Å². The van der Waals surface area contributed by atoms with E-state index in [1.807, 2.05) is 19.1 Å². The molecule has 1 amide bonds. The van der Waals surface area contributed by atoms with Crippen LogP contribution in [0.2, 0.25) is 0 Å². The Kier molecular flexibility index (Phi) is 4.28. The molecule has 0 aliphatic carbocycles. The van der Waals surface area contributed by atoms with E-state index in [-0.39, 0.29) is 16.4 Å². The highest BCUT2D eigenvalue weighted by atomic mass is 32.2. The SMILES string of the molecule is Cc1ccc(N2C(=O)C(=Cc3cccc(F)c3F)SC2=S)cc1. The van der Waals surface area contributed by atoms with Gasteiger partial charge >= 0.3 is 0 Å². The number of rotatable bonds is 2. The first kappa shape index (κ1) is 15.8. The van der Waals surface area contributed by atoms with Crippen molar-refractivity contribution in [3.63, 3.8) is 0 Å². The van der Waals surface area contributed by atoms with Gasteiger partial charge in [-0.1, -0.05) is 53.8 Å². The third-order valence-corrected chi connectivity index (χ3v) is 4.66. The van der Waals surface area contributed by atoms with Gasteiger partial charge in [-0.05, 0) is 31.2 Å². The number of nitrogens with zero attached hydrogens (tertiary/aromatic N) is 1. The zero-order chi connectivity index (χ0) is 16.6. The summed E-state index contributed by atoms with van der Waals surface area (Å²) in [5.74, 6) is -2.27. The van der Waals surface area contributed by atoms with Crippen molar-refractivity contribution >= 4 is 46.0 Å². The summed E-state index contributed by atoms with van der Waals surface area (Å²) in [4.78, 5) is 14.2. The fourth-order valence-electron chi connectivity index (χ4n) is 2.16. The number of aryl methyl sites for hydroxylation is 1. The lowest BCUT2D eigenvalue weighted by Gasteiger charge is -2.14. The number of halogens is 2. The molecule has 1 saturated heterocycles. The summed E-state index contributed by atoms with van der Waals surface area (Å²) in [6, 6.07) is 11.2. The van der Waals surface area contributed by atoms with Crippen LogP contribution in [0, 0.1) is 18.6 Å². The average Bonchev–Trinajstić information content (AvgIpc) is 2.79. The molecule has 2 aromatic rings. The quantitative estimate of drug-likeness (QED) is 0.581. The molecular weight excluding hydrogens is 336 g/mol. The molecular formula is C17H11F2NOS2. The average molecular weight is 347 g/mol. The maximum absolute atomic E-state index is 13.8. The molecule has 3 rings (SSSR count). The minimum atomic E-state index is -0.979. The smallest absolute Gasteiger partial charge is 0.268 e. The van der Waals surface area contributed by atoms with Crippen LogP contribution >= 0.6 is 24.0 Å². The second-order valence-electron chi connectivity index (χ2n) is 5.00. The third-order valence-electron chi connectivity index (χ3n) is 3.35. The van der Waals surface area contributed by atoms with E-state index in [9.17, 15) is 13.6 Å². The summed E-state index contributed by atoms with van der Waals surface area (Å²) in [7, 11) is 0. The van der Waals surface area contributed by atoms with Crippen molar-refractivity contribution < 1.29 is 13.6 Å². The first-order valence-electron chi connectivity index (χ1n) is 6.76. The van der Waals surface area contributed by atoms with Gasteiger partial charge in [-0.15, -0.1) is 0 Å². The molecule has 0 bridgehead atoms. The molecule has 1 fully saturated rings. The van der Waals surface area contributed by atoms with Crippen LogP contribution in [0.4, 0.5) is 14.5 Å². The first-order chi connectivity index (χ1) is 11.0. The predicted octanol–water partition coefficient (Wildman–Crippen LogP) is 4.68. The van der Waals surface area contributed by atoms with Crippen LogP contribution in [0.3, 0.4) is 0 Å². The zero-order valence-electron chi connectivity index (χ0n) is 12.0. The number of anilines is 1. The minimum absolute atomic E-state index is 0.0226. The van der Waals surface area contributed by atoms with E-state index in [2.05, 4.69) is 0 Å². The van der Waals surface area contributed by atoms with E-state index in [1.165, 1.54) is 23.1 Å². The first-order valence-corrected chi connectivity index (χ1v) is 7.98. The van der Waals surface area contributed by atoms with Crippen LogP contribution in [-0.4, -0.2) is 10.2 Å². The Morgan fingerprint density at radius 3 is 2.52 bits per heavy atom. The van der Waals surface area contributed by atoms with Gasteiger partial charge in [0.1, 0.15) is 0 Å². The Morgan fingerprint density at radius 2 is 1.83 bits per heavy atom. The van der Waals surface area contributed by atoms with Crippen LogP contribution in [0.5, 0.6) is 0 Å². The Hall–Kier alpha value is -2.05. The van der Waals surface area contributed by atoms with Crippen LogP contribution in [-0.2, 0) is 4.79 Å². The minimum Gasteiger partial charge on any atom is -0.268 e. The van der Waals surface area contributed by atoms with Gasteiger partial charge < -0.3 is 0 Å². The van der Waals surface area contributed by atoms with Gasteiger partial charge in [0.25, 0.3) is 5.91 Å². The maximum atomic E-state index is 13.8. The number of thiocarbonyl (C=S) groups is 1. The van der Waals surface area contributed by atoms with E-state index >= 15 is 0 Å². The molecule has 0 saturated carbocycles. The molecule has 0 radical (unpaired) electrons. The lowest BCUT2D eigenvalue weighted by atomic mass is 10.2. The number of thioether (sulfide) groups is 1. The summed E-state index contributed by atoms with van der Waals surface area (Å²) < 4.78 is 27.4. The Morgan fingerprint density at radius 1 is 1.13 bits per heavy atom. The van der Waals surface area contributed by atoms with Crippen molar-refractivity contribution in [3.8, 4) is 0 Å². The fraction of sp³-hybridized carbons (Fsp3) is 0.0588. The highest BCUT2D eigenvalue weighted by molar-refractivity contribution is 8.27. The van der Waals surface area contributed by atoms with Crippen molar-refractivity contribution in [2.24, 2.45) is 0 Å². The van der Waals surface area contributed by atoms with Crippen LogP contribution in [0.15, 0.2) is 47.4 Å². The number of amides is 1. The van der Waals surface area contributed by atoms with Gasteiger partial charge in [-0.25, -0.2) is 8.78 Å². The number of carbonyl (C=O) groups excluding carboxylic acids is 1. The lowest BCUT2D eigenvalue weighted by molar-refractivity contribution is -0.113. The molecule has 6 heteroatoms. The molecule has 0 atom stereocenters. The molecule has 0 spiro atoms. The molecule has 116 valence electrons. The molecule has 1 aliphatic heterocycles. The normalized spacial score (nSPS) is 16.5. The molecule has 0 aromatic heterocycles. The van der Waals surface area contributed by atoms with Gasteiger partial charge in [0.05, 0.1) is 10.6 Å². The fourth-order valence-corrected chi connectivity index (χ4v) is 3.45. The highest BCUT2D eigenvalue weighted by Gasteiger charge is 2.33. The predicted molar refractivity (Wildman–Crippen MR) is 93.2 cm³/mol. The third kappa shape index (κ3) is 3.04. The van der Waals surface area contributed by atoms with Crippen molar-refractivity contribution in [2.75, 3.05) is 4.90 Å². The van der Waals surface area contributed by atoms with Crippen LogP contribution < -0.4 is 4.90 Å². The molecule has 1 heterocycles. The monoisotopic (exact) mass is 347 g/mol. The maximum Gasteiger partial charge on any atom is 0.270 e. The standard InChI is InChI=1S/C17H11F2NOS2/c1-10-5-7-12(8-6-10)20-16(21)14(23-17(20)22)9-11-3-2-4-13(18)15(11)19/h2-9H,1H3. The molecule has 1 aliphatic rings. The number of hydrogen-bond acceptors (Lipinski definition) is 3. The number of hydrogen-bond donors (Lipinski definition) is 0. The number of benzene rings is 2. The summed E-state index contributed by atoms with van der Waals surface area (Å²) in [6.07, 6.45) is 1.33. The summed E-state index contributed by atoms with van der Waals surface area (Å²) in [5.41, 5.74) is 1.74. The van der Waals surface area contributed by atoms with E-state index in [0.29, 0.717) is 10.0 Å². The molecule has 2 nitrogen and oxygen atoms in total. The van der Waals surface area contributed by atoms with E-state index in [0.717, 1.165) is 23.4 Å². The zero-order valence-corrected chi connectivity index (χ0v) is 13.7. The van der Waals surface area contributed by atoms with Crippen molar-refractivity contribution in [2.45, 2.75) is 6.92 Å². The summed E-state index contributed by atoms with van der Waals surface area (Å²) in [5, 5.41) is 0. The van der Waals surface area contributed by atoms with Crippen molar-refractivity contribution in [1.82, 2.24) is 0 Å². The molecule has 0 unspecified atom stereocenters. The van der Waals surface area contributed by atoms with E-state index < -0.39 is 11.6 Å². The van der Waals surface area contributed by atoms with Gasteiger partial charge in [-0.3, -0.25) is 9.69 Å². The van der Waals surface area contributed by atoms with Crippen LogP contribution in [0.1, 0.15) is 11.1 Å². The molecule has 23 heavy (non-hydrogen) atoms. The van der Waals surface area contributed by atoms with E-state index in [4.69, 9.17) is 12.2 Å². The highest BCUT2D eigenvalue weighted by Crippen LogP contribution is 2.36. The largest absolute Gasteiger partial charge is 0.270 e. The van der Waals surface area contributed by atoms with Crippen LogP contribution in [0.25, 0.3) is 6.08 Å². The molecule has 0 N–H and O–H groups in total. The Balaban J connectivity index is 1.96. The van der Waals surface area contributed by atoms with Crippen molar-refractivity contribution in [1.29, 1.82) is 0 Å². The van der Waals surface area contributed by atoms with E-state index in [1.54, 1.807) is 12.1 Å². The number of carbonyl (C=O) groups is 1. The Bertz CT molecular complexity index is 831. The second kappa shape index (κ2) is 6.22.